The zero-order valence-electron chi connectivity index (χ0n) is 13.0. The second-order valence-electron chi connectivity index (χ2n) is 6.55. The Kier molecular flexibility index (Phi) is 1.95. The summed E-state index contributed by atoms with van der Waals surface area (Å²) >= 11 is 1.81. The van der Waals surface area contributed by atoms with Crippen LogP contribution in [0.1, 0.15) is 0 Å². The Hall–Kier alpha value is -3.04. The summed E-state index contributed by atoms with van der Waals surface area (Å²) in [6, 6.07) is 21.1. The number of benzene rings is 4. The Labute approximate surface area is 145 Å². The Balaban J connectivity index is 2.02. The molecule has 116 valence electrons. The first kappa shape index (κ1) is 12.3. The molecule has 4 aromatic carbocycles. The van der Waals surface area contributed by atoms with Crippen molar-refractivity contribution in [3.05, 3.63) is 60.7 Å². The predicted octanol–water partition coefficient (Wildman–Crippen LogP) is 7.29. The van der Waals surface area contributed by atoms with Gasteiger partial charge in [-0.05, 0) is 35.7 Å². The summed E-state index contributed by atoms with van der Waals surface area (Å²) in [5.41, 5.74) is 3.67. The van der Waals surface area contributed by atoms with E-state index in [0.717, 1.165) is 38.5 Å². The van der Waals surface area contributed by atoms with Crippen LogP contribution < -0.4 is 0 Å². The zero-order valence-corrected chi connectivity index (χ0v) is 13.8. The summed E-state index contributed by atoms with van der Waals surface area (Å²) in [5.74, 6) is 0. The van der Waals surface area contributed by atoms with Gasteiger partial charge in [0.25, 0.3) is 0 Å². The molecule has 7 aromatic rings. The highest BCUT2D eigenvalue weighted by Crippen LogP contribution is 2.47. The lowest BCUT2D eigenvalue weighted by molar-refractivity contribution is 0.660. The van der Waals surface area contributed by atoms with Crippen LogP contribution in [0, 0.1) is 0 Å². The zero-order chi connectivity index (χ0) is 16.1. The SMILES string of the molecule is c1ccc2c(c1)cc1oc3ccc4sc5cccc6oc2c1c3c4c65. The summed E-state index contributed by atoms with van der Waals surface area (Å²) in [7, 11) is 0. The summed E-state index contributed by atoms with van der Waals surface area (Å²) in [6.45, 7) is 0. The van der Waals surface area contributed by atoms with E-state index in [-0.39, 0.29) is 0 Å². The summed E-state index contributed by atoms with van der Waals surface area (Å²) in [4.78, 5) is 0. The molecule has 0 spiro atoms. The van der Waals surface area contributed by atoms with Crippen molar-refractivity contribution >= 4 is 75.4 Å². The van der Waals surface area contributed by atoms with Crippen LogP contribution in [0.4, 0.5) is 0 Å². The van der Waals surface area contributed by atoms with Crippen molar-refractivity contribution in [3.63, 3.8) is 0 Å². The molecule has 3 heteroatoms. The molecule has 0 atom stereocenters. The van der Waals surface area contributed by atoms with E-state index in [1.54, 1.807) is 0 Å². The van der Waals surface area contributed by atoms with E-state index in [9.17, 15) is 0 Å². The molecule has 0 bridgehead atoms. The molecule has 0 aliphatic rings. The molecule has 3 heterocycles. The van der Waals surface area contributed by atoms with Crippen molar-refractivity contribution in [2.75, 3.05) is 0 Å². The van der Waals surface area contributed by atoms with E-state index in [1.807, 2.05) is 11.3 Å². The third-order valence-corrected chi connectivity index (χ3v) is 6.35. The molecule has 0 N–H and O–H groups in total. The van der Waals surface area contributed by atoms with Crippen LogP contribution in [0.15, 0.2) is 69.5 Å². The van der Waals surface area contributed by atoms with Crippen molar-refractivity contribution in [2.24, 2.45) is 0 Å². The van der Waals surface area contributed by atoms with E-state index < -0.39 is 0 Å². The maximum Gasteiger partial charge on any atom is 0.147 e. The minimum absolute atomic E-state index is 0.892. The first-order chi connectivity index (χ1) is 12.4. The van der Waals surface area contributed by atoms with Crippen molar-refractivity contribution in [1.29, 1.82) is 0 Å². The normalized spacial score (nSPS) is 12.8. The quantitative estimate of drug-likeness (QED) is 0.290. The summed E-state index contributed by atoms with van der Waals surface area (Å²) in [5, 5.41) is 7.01. The number of hydrogen-bond donors (Lipinski definition) is 0. The van der Waals surface area contributed by atoms with E-state index >= 15 is 0 Å². The number of thiophene rings is 1. The topological polar surface area (TPSA) is 26.3 Å². The summed E-state index contributed by atoms with van der Waals surface area (Å²) < 4.78 is 15.3. The number of fused-ring (bicyclic) bond motifs is 2. The Morgan fingerprint density at radius 3 is 2.48 bits per heavy atom. The molecule has 0 saturated heterocycles. The number of hydrogen-bond acceptors (Lipinski definition) is 3. The van der Waals surface area contributed by atoms with Crippen LogP contribution >= 0.6 is 11.3 Å². The predicted molar refractivity (Wildman–Crippen MR) is 105 cm³/mol. The first-order valence-electron chi connectivity index (χ1n) is 8.28. The van der Waals surface area contributed by atoms with E-state index in [2.05, 4.69) is 60.7 Å². The molecule has 0 unspecified atom stereocenters. The van der Waals surface area contributed by atoms with Crippen LogP contribution in [0.3, 0.4) is 0 Å². The fourth-order valence-electron chi connectivity index (χ4n) is 4.22. The molecule has 0 saturated carbocycles. The lowest BCUT2D eigenvalue weighted by atomic mass is 10.0. The smallest absolute Gasteiger partial charge is 0.147 e. The Morgan fingerprint density at radius 1 is 0.600 bits per heavy atom. The van der Waals surface area contributed by atoms with Crippen molar-refractivity contribution in [2.45, 2.75) is 0 Å². The van der Waals surface area contributed by atoms with Gasteiger partial charge in [-0.3, -0.25) is 0 Å². The standard InChI is InChI=1S/C22H10O2S/c1-2-5-12-11(4-1)10-15-20-19-14(23-15)8-9-17-21(19)18-13(24-22(12)20)6-3-7-16(18)25-17/h1-10H. The van der Waals surface area contributed by atoms with Crippen molar-refractivity contribution in [1.82, 2.24) is 0 Å². The van der Waals surface area contributed by atoms with Crippen LogP contribution in [-0.2, 0) is 0 Å². The average molecular weight is 338 g/mol. The Bertz CT molecular complexity index is 1590. The van der Waals surface area contributed by atoms with Gasteiger partial charge >= 0.3 is 0 Å². The molecule has 0 fully saturated rings. The third kappa shape index (κ3) is 1.34. The molecule has 0 aliphatic heterocycles. The first-order valence-corrected chi connectivity index (χ1v) is 9.10. The van der Waals surface area contributed by atoms with Crippen LogP contribution in [-0.4, -0.2) is 0 Å². The van der Waals surface area contributed by atoms with Gasteiger partial charge in [0.1, 0.15) is 22.3 Å². The van der Waals surface area contributed by atoms with Crippen molar-refractivity contribution < 1.29 is 8.83 Å². The second-order valence-corrected chi connectivity index (χ2v) is 7.63. The molecular weight excluding hydrogens is 328 g/mol. The summed E-state index contributed by atoms with van der Waals surface area (Å²) in [6.07, 6.45) is 0. The maximum atomic E-state index is 6.53. The van der Waals surface area contributed by atoms with E-state index in [1.165, 1.54) is 25.6 Å². The molecule has 0 radical (unpaired) electrons. The highest BCUT2D eigenvalue weighted by Gasteiger charge is 2.21. The fraction of sp³-hybridized carbons (Fsp3) is 0. The van der Waals surface area contributed by atoms with Gasteiger partial charge in [-0.2, -0.15) is 0 Å². The van der Waals surface area contributed by atoms with Crippen LogP contribution in [0.2, 0.25) is 0 Å². The van der Waals surface area contributed by atoms with Gasteiger partial charge in [-0.15, -0.1) is 11.3 Å². The van der Waals surface area contributed by atoms with Gasteiger partial charge in [0.2, 0.25) is 0 Å². The van der Waals surface area contributed by atoms with Gasteiger partial charge in [0.05, 0.1) is 5.39 Å². The van der Waals surface area contributed by atoms with E-state index in [0.29, 0.717) is 0 Å². The molecule has 25 heavy (non-hydrogen) atoms. The lowest BCUT2D eigenvalue weighted by Crippen LogP contribution is -1.75. The maximum absolute atomic E-state index is 6.53. The number of furan rings is 1. The molecule has 0 amide bonds. The van der Waals surface area contributed by atoms with Crippen LogP contribution in [0.25, 0.3) is 64.0 Å². The highest BCUT2D eigenvalue weighted by atomic mass is 32.1. The van der Waals surface area contributed by atoms with E-state index in [4.69, 9.17) is 8.83 Å². The minimum Gasteiger partial charge on any atom is -0.456 e. The molecule has 0 aliphatic carbocycles. The second kappa shape index (κ2) is 3.95. The Morgan fingerprint density at radius 2 is 1.48 bits per heavy atom. The largest absolute Gasteiger partial charge is 0.456 e. The molecule has 7 rings (SSSR count). The van der Waals surface area contributed by atoms with Crippen molar-refractivity contribution in [3.8, 4) is 0 Å². The highest BCUT2D eigenvalue weighted by molar-refractivity contribution is 7.26. The molecule has 2 nitrogen and oxygen atoms in total. The van der Waals surface area contributed by atoms with Gasteiger partial charge in [0.15, 0.2) is 0 Å². The number of rotatable bonds is 0. The van der Waals surface area contributed by atoms with Gasteiger partial charge in [-0.1, -0.05) is 30.3 Å². The van der Waals surface area contributed by atoms with Crippen LogP contribution in [0.5, 0.6) is 0 Å². The fourth-order valence-corrected chi connectivity index (χ4v) is 5.35. The lowest BCUT2D eigenvalue weighted by Gasteiger charge is -2.00. The monoisotopic (exact) mass is 338 g/mol. The third-order valence-electron chi connectivity index (χ3n) is 5.23. The van der Waals surface area contributed by atoms with Gasteiger partial charge in [-0.25, -0.2) is 0 Å². The average Bonchev–Trinajstić information content (AvgIpc) is 3.13. The van der Waals surface area contributed by atoms with Gasteiger partial charge in [0, 0.05) is 30.9 Å². The molecular formula is C22H10O2S. The van der Waals surface area contributed by atoms with Gasteiger partial charge < -0.3 is 8.83 Å². The minimum atomic E-state index is 0.892. The molecule has 3 aromatic heterocycles.